The Balaban J connectivity index is 2.84. The molecule has 0 radical (unpaired) electrons. The Morgan fingerprint density at radius 2 is 1.67 bits per heavy atom. The van der Waals surface area contributed by atoms with Crippen molar-refractivity contribution in [3.8, 4) is 0 Å². The minimum atomic E-state index is 0.0836. The highest BCUT2D eigenvalue weighted by atomic mass is 79.9. The van der Waals surface area contributed by atoms with E-state index in [4.69, 9.17) is 0 Å². The van der Waals surface area contributed by atoms with Crippen LogP contribution in [0.3, 0.4) is 0 Å². The predicted octanol–water partition coefficient (Wildman–Crippen LogP) is 4.29. The molecule has 1 heterocycles. The largest absolute Gasteiger partial charge is 0.259 e. The summed E-state index contributed by atoms with van der Waals surface area (Å²) in [6.07, 6.45) is 1.89. The first-order valence-corrected chi connectivity index (χ1v) is 5.83. The van der Waals surface area contributed by atoms with Crippen LogP contribution >= 0.6 is 15.9 Å². The first-order chi connectivity index (χ1) is 7.00. The highest BCUT2D eigenvalue weighted by molar-refractivity contribution is 9.10. The lowest BCUT2D eigenvalue weighted by atomic mass is 9.88. The van der Waals surface area contributed by atoms with Crippen LogP contribution < -0.4 is 0 Å². The molecule has 1 nitrogen and oxygen atoms in total. The zero-order valence-electron chi connectivity index (χ0n) is 9.21. The van der Waals surface area contributed by atoms with Crippen LogP contribution in [0.1, 0.15) is 26.5 Å². The number of nitrogens with zero attached hydrogens (tertiary/aromatic N) is 1. The van der Waals surface area contributed by atoms with Crippen LogP contribution in [0, 0.1) is 0 Å². The van der Waals surface area contributed by atoms with Crippen LogP contribution in [0.4, 0.5) is 0 Å². The van der Waals surface area contributed by atoms with Crippen molar-refractivity contribution in [3.63, 3.8) is 0 Å². The fraction of sp³-hybridized carbons (Fsp3) is 0.308. The Morgan fingerprint density at radius 3 is 2.27 bits per heavy atom. The third kappa shape index (κ3) is 1.91. The van der Waals surface area contributed by atoms with E-state index in [1.807, 2.05) is 6.20 Å². The van der Waals surface area contributed by atoms with Gasteiger partial charge in [0.1, 0.15) is 0 Å². The molecule has 0 atom stereocenters. The monoisotopic (exact) mass is 263 g/mol. The van der Waals surface area contributed by atoms with Crippen LogP contribution in [-0.2, 0) is 5.41 Å². The van der Waals surface area contributed by atoms with Gasteiger partial charge in [0, 0.05) is 21.5 Å². The molecule has 0 aliphatic rings. The predicted molar refractivity (Wildman–Crippen MR) is 68.1 cm³/mol. The third-order valence-corrected chi connectivity index (χ3v) is 3.09. The van der Waals surface area contributed by atoms with Gasteiger partial charge in [-0.2, -0.15) is 0 Å². The topological polar surface area (TPSA) is 12.9 Å². The van der Waals surface area contributed by atoms with Gasteiger partial charge in [-0.05, 0) is 21.3 Å². The summed E-state index contributed by atoms with van der Waals surface area (Å²) < 4.78 is 1.06. The van der Waals surface area contributed by atoms with Gasteiger partial charge in [0.15, 0.2) is 0 Å². The van der Waals surface area contributed by atoms with E-state index >= 15 is 0 Å². The molecule has 1 aromatic carbocycles. The Morgan fingerprint density at radius 1 is 1.07 bits per heavy atom. The molecule has 2 rings (SSSR count). The molecule has 2 heteroatoms. The van der Waals surface area contributed by atoms with Crippen molar-refractivity contribution in [1.82, 2.24) is 4.98 Å². The van der Waals surface area contributed by atoms with E-state index in [9.17, 15) is 0 Å². The lowest BCUT2D eigenvalue weighted by Crippen LogP contribution is -2.14. The molecule has 1 aromatic heterocycles. The average molecular weight is 264 g/mol. The second kappa shape index (κ2) is 3.60. The van der Waals surface area contributed by atoms with E-state index in [0.717, 1.165) is 10.2 Å². The highest BCUT2D eigenvalue weighted by Crippen LogP contribution is 2.31. The minimum absolute atomic E-state index is 0.0836. The average Bonchev–Trinajstić information content (AvgIpc) is 2.17. The number of aromatic nitrogens is 1. The van der Waals surface area contributed by atoms with E-state index < -0.39 is 0 Å². The van der Waals surface area contributed by atoms with Crippen molar-refractivity contribution in [2.24, 2.45) is 0 Å². The number of hydrogen-bond donors (Lipinski definition) is 0. The van der Waals surface area contributed by atoms with Crippen LogP contribution in [0.2, 0.25) is 0 Å². The number of hydrogen-bond acceptors (Lipinski definition) is 1. The number of rotatable bonds is 0. The molecule has 78 valence electrons. The second-order valence-corrected chi connectivity index (χ2v) is 5.60. The SMILES string of the molecule is CC(C)(C)c1ncc(Br)c2ccccc12. The first kappa shape index (κ1) is 10.6. The summed E-state index contributed by atoms with van der Waals surface area (Å²) in [6.45, 7) is 6.57. The van der Waals surface area contributed by atoms with Gasteiger partial charge in [-0.3, -0.25) is 4.98 Å². The number of halogens is 1. The molecule has 0 N–H and O–H groups in total. The van der Waals surface area contributed by atoms with Gasteiger partial charge in [-0.25, -0.2) is 0 Å². The molecule has 15 heavy (non-hydrogen) atoms. The van der Waals surface area contributed by atoms with Crippen LogP contribution in [0.15, 0.2) is 34.9 Å². The summed E-state index contributed by atoms with van der Waals surface area (Å²) in [5.74, 6) is 0. The summed E-state index contributed by atoms with van der Waals surface area (Å²) in [4.78, 5) is 4.53. The summed E-state index contributed by atoms with van der Waals surface area (Å²) in [7, 11) is 0. The van der Waals surface area contributed by atoms with Crippen molar-refractivity contribution < 1.29 is 0 Å². The van der Waals surface area contributed by atoms with Crippen LogP contribution in [0.25, 0.3) is 10.8 Å². The van der Waals surface area contributed by atoms with Crippen molar-refractivity contribution in [3.05, 3.63) is 40.6 Å². The fourth-order valence-corrected chi connectivity index (χ4v) is 2.20. The quantitative estimate of drug-likeness (QED) is 0.691. The van der Waals surface area contributed by atoms with Crippen molar-refractivity contribution in [1.29, 1.82) is 0 Å². The van der Waals surface area contributed by atoms with Crippen molar-refractivity contribution >= 4 is 26.7 Å². The summed E-state index contributed by atoms with van der Waals surface area (Å²) in [6, 6.07) is 8.37. The van der Waals surface area contributed by atoms with Gasteiger partial charge in [0.05, 0.1) is 5.69 Å². The van der Waals surface area contributed by atoms with Crippen molar-refractivity contribution in [2.75, 3.05) is 0 Å². The normalized spacial score (nSPS) is 12.0. The van der Waals surface area contributed by atoms with E-state index in [1.165, 1.54) is 10.8 Å². The smallest absolute Gasteiger partial charge is 0.0536 e. The van der Waals surface area contributed by atoms with Gasteiger partial charge >= 0.3 is 0 Å². The Hall–Kier alpha value is -0.890. The Bertz CT molecular complexity index is 497. The first-order valence-electron chi connectivity index (χ1n) is 5.04. The molecule has 0 spiro atoms. The van der Waals surface area contributed by atoms with Gasteiger partial charge in [-0.15, -0.1) is 0 Å². The minimum Gasteiger partial charge on any atom is -0.259 e. The number of fused-ring (bicyclic) bond motifs is 1. The Labute approximate surface area is 98.7 Å². The highest BCUT2D eigenvalue weighted by Gasteiger charge is 2.18. The standard InChI is InChI=1S/C13H14BrN/c1-13(2,3)12-10-7-5-4-6-9(10)11(14)8-15-12/h4-8H,1-3H3. The van der Waals surface area contributed by atoms with Gasteiger partial charge < -0.3 is 0 Å². The summed E-state index contributed by atoms with van der Waals surface area (Å²) in [5.41, 5.74) is 1.24. The van der Waals surface area contributed by atoms with Gasteiger partial charge in [-0.1, -0.05) is 45.0 Å². The van der Waals surface area contributed by atoms with E-state index in [-0.39, 0.29) is 5.41 Å². The molecule has 2 aromatic rings. The van der Waals surface area contributed by atoms with Gasteiger partial charge in [0.25, 0.3) is 0 Å². The maximum absolute atomic E-state index is 4.53. The van der Waals surface area contributed by atoms with Gasteiger partial charge in [0.2, 0.25) is 0 Å². The van der Waals surface area contributed by atoms with E-state index in [0.29, 0.717) is 0 Å². The van der Waals surface area contributed by atoms with Crippen molar-refractivity contribution in [2.45, 2.75) is 26.2 Å². The maximum atomic E-state index is 4.53. The molecule has 0 aliphatic heterocycles. The summed E-state index contributed by atoms with van der Waals surface area (Å²) >= 11 is 3.54. The number of pyridine rings is 1. The Kier molecular flexibility index (Phi) is 2.55. The molecule has 0 bridgehead atoms. The fourth-order valence-electron chi connectivity index (χ4n) is 1.76. The molecule has 0 saturated heterocycles. The van der Waals surface area contributed by atoms with Crippen LogP contribution in [0.5, 0.6) is 0 Å². The molecule has 0 amide bonds. The van der Waals surface area contributed by atoms with E-state index in [1.54, 1.807) is 0 Å². The molecule has 0 saturated carbocycles. The molecular weight excluding hydrogens is 250 g/mol. The zero-order chi connectivity index (χ0) is 11.1. The molecular formula is C13H14BrN. The molecule has 0 fully saturated rings. The third-order valence-electron chi connectivity index (χ3n) is 2.46. The van der Waals surface area contributed by atoms with E-state index in [2.05, 4.69) is 66.0 Å². The lowest BCUT2D eigenvalue weighted by Gasteiger charge is -2.20. The molecule has 0 unspecified atom stereocenters. The second-order valence-electron chi connectivity index (χ2n) is 4.75. The van der Waals surface area contributed by atoms with Crippen LogP contribution in [-0.4, -0.2) is 4.98 Å². The maximum Gasteiger partial charge on any atom is 0.0536 e. The number of benzene rings is 1. The zero-order valence-corrected chi connectivity index (χ0v) is 10.8. The summed E-state index contributed by atoms with van der Waals surface area (Å²) in [5, 5.41) is 2.47. The molecule has 0 aliphatic carbocycles. The lowest BCUT2D eigenvalue weighted by molar-refractivity contribution is 0.575.